The van der Waals surface area contributed by atoms with Gasteiger partial charge in [-0.2, -0.15) is 0 Å². The van der Waals surface area contributed by atoms with Gasteiger partial charge in [0.1, 0.15) is 17.7 Å². The van der Waals surface area contributed by atoms with Crippen LogP contribution in [-0.4, -0.2) is 59.0 Å². The number of hydrogen-bond acceptors (Lipinski definition) is 5. The van der Waals surface area contributed by atoms with Crippen molar-refractivity contribution in [1.29, 1.82) is 0 Å². The van der Waals surface area contributed by atoms with Gasteiger partial charge < -0.3 is 26.4 Å². The number of rotatable bonds is 14. The summed E-state index contributed by atoms with van der Waals surface area (Å²) in [6, 6.07) is 14.0. The molecule has 3 aromatic rings. The van der Waals surface area contributed by atoms with Crippen LogP contribution < -0.4 is 16.4 Å². The number of nitrogens with zero attached hydrogens (tertiary/aromatic N) is 1. The quantitative estimate of drug-likeness (QED) is 0.226. The van der Waals surface area contributed by atoms with E-state index in [1.165, 1.54) is 6.07 Å². The lowest BCUT2D eigenvalue weighted by Gasteiger charge is -2.28. The fourth-order valence-corrected chi connectivity index (χ4v) is 4.87. The lowest BCUT2D eigenvalue weighted by atomic mass is 9.95. The molecule has 8 nitrogen and oxygen atoms in total. The van der Waals surface area contributed by atoms with Crippen molar-refractivity contribution >= 4 is 17.7 Å². The van der Waals surface area contributed by atoms with Crippen molar-refractivity contribution in [2.24, 2.45) is 5.73 Å². The second-order valence-electron chi connectivity index (χ2n) is 10.7. The van der Waals surface area contributed by atoms with Crippen LogP contribution in [0.4, 0.5) is 8.78 Å². The Morgan fingerprint density at radius 3 is 2.09 bits per heavy atom. The minimum atomic E-state index is -1.62. The largest absolute Gasteiger partial charge is 0.389 e. The summed E-state index contributed by atoms with van der Waals surface area (Å²) < 4.78 is 28.0. The second kappa shape index (κ2) is 15.9. The molecular formula is C33H40F2N4O4. The molecule has 0 spiro atoms. The standard InChI is InChI=1S/C33H40F2N4O4/c1-4-11-39(12-5-2)33(43)25-14-21(3)13-24(18-25)31(41)38-28(17-23-15-26(34)19-27(35)16-23)30(40)29(36)32(42)37-20-22-9-7-6-8-10-22/h6-10,13-16,18-19,28-30,40H,4-5,11-12,17,20,36H2,1-3H3,(H,37,42)(H,38,41)/t28-,29-,30-/m0/s1. The first kappa shape index (κ1) is 33.4. The molecule has 0 aliphatic carbocycles. The van der Waals surface area contributed by atoms with Crippen molar-refractivity contribution in [3.8, 4) is 0 Å². The number of halogens is 2. The van der Waals surface area contributed by atoms with Crippen LogP contribution in [0.1, 0.15) is 64.1 Å². The number of nitrogens with two attached hydrogens (primary N) is 1. The zero-order valence-electron chi connectivity index (χ0n) is 24.8. The van der Waals surface area contributed by atoms with Crippen molar-refractivity contribution in [2.45, 2.75) is 64.8 Å². The Labute approximate surface area is 251 Å². The summed E-state index contributed by atoms with van der Waals surface area (Å²) in [5.74, 6) is -3.18. The highest BCUT2D eigenvalue weighted by Gasteiger charge is 2.32. The van der Waals surface area contributed by atoms with Crippen molar-refractivity contribution in [2.75, 3.05) is 13.1 Å². The normalized spacial score (nSPS) is 13.1. The molecule has 3 amide bonds. The van der Waals surface area contributed by atoms with E-state index in [4.69, 9.17) is 5.73 Å². The lowest BCUT2D eigenvalue weighted by molar-refractivity contribution is -0.125. The number of aliphatic hydroxyl groups excluding tert-OH is 1. The molecule has 3 atom stereocenters. The Balaban J connectivity index is 1.86. The minimum Gasteiger partial charge on any atom is -0.389 e. The minimum absolute atomic E-state index is 0.147. The van der Waals surface area contributed by atoms with Gasteiger partial charge in [-0.05, 0) is 73.2 Å². The van der Waals surface area contributed by atoms with Crippen molar-refractivity contribution in [3.05, 3.63) is 106 Å². The Kier molecular flexibility index (Phi) is 12.3. The van der Waals surface area contributed by atoms with Crippen LogP contribution in [0.2, 0.25) is 0 Å². The fourth-order valence-electron chi connectivity index (χ4n) is 4.87. The first-order valence-electron chi connectivity index (χ1n) is 14.4. The van der Waals surface area contributed by atoms with Crippen LogP contribution in [0.3, 0.4) is 0 Å². The van der Waals surface area contributed by atoms with E-state index in [9.17, 15) is 28.3 Å². The number of carbonyl (C=O) groups excluding carboxylic acids is 3. The Morgan fingerprint density at radius 1 is 0.884 bits per heavy atom. The summed E-state index contributed by atoms with van der Waals surface area (Å²) in [7, 11) is 0. The molecular weight excluding hydrogens is 554 g/mol. The zero-order chi connectivity index (χ0) is 31.5. The number of benzene rings is 3. The molecule has 43 heavy (non-hydrogen) atoms. The van der Waals surface area contributed by atoms with E-state index < -0.39 is 41.6 Å². The summed E-state index contributed by atoms with van der Waals surface area (Å²) in [5.41, 5.74) is 8.25. The van der Waals surface area contributed by atoms with Gasteiger partial charge in [-0.25, -0.2) is 8.78 Å². The third kappa shape index (κ3) is 9.69. The molecule has 0 radical (unpaired) electrons. The lowest BCUT2D eigenvalue weighted by Crippen LogP contribution is -2.57. The van der Waals surface area contributed by atoms with E-state index in [0.29, 0.717) is 30.3 Å². The Hall–Kier alpha value is -4.15. The molecule has 3 rings (SSSR count). The average Bonchev–Trinajstić information content (AvgIpc) is 2.98. The predicted octanol–water partition coefficient (Wildman–Crippen LogP) is 3.88. The molecule has 0 saturated carbocycles. The number of aryl methyl sites for hydroxylation is 1. The number of nitrogens with one attached hydrogen (secondary N) is 2. The molecule has 0 fully saturated rings. The van der Waals surface area contributed by atoms with Gasteiger partial charge in [-0.15, -0.1) is 0 Å². The monoisotopic (exact) mass is 594 g/mol. The van der Waals surface area contributed by atoms with Crippen LogP contribution in [0.25, 0.3) is 0 Å². The van der Waals surface area contributed by atoms with E-state index >= 15 is 0 Å². The first-order chi connectivity index (χ1) is 20.5. The number of carbonyl (C=O) groups is 3. The Bertz CT molecular complexity index is 1380. The SMILES string of the molecule is CCCN(CCC)C(=O)c1cc(C)cc(C(=O)N[C@@H](Cc2cc(F)cc(F)c2)[C@H](O)[C@H](N)C(=O)NCc2ccccc2)c1. The van der Waals surface area contributed by atoms with Crippen LogP contribution in [0.15, 0.2) is 66.7 Å². The first-order valence-corrected chi connectivity index (χ1v) is 14.4. The van der Waals surface area contributed by atoms with Gasteiger partial charge in [0, 0.05) is 36.8 Å². The maximum Gasteiger partial charge on any atom is 0.253 e. The molecule has 0 saturated heterocycles. The summed E-state index contributed by atoms with van der Waals surface area (Å²) in [4.78, 5) is 41.3. The van der Waals surface area contributed by atoms with Crippen LogP contribution in [0.5, 0.6) is 0 Å². The van der Waals surface area contributed by atoms with Crippen LogP contribution in [0, 0.1) is 18.6 Å². The van der Waals surface area contributed by atoms with E-state index in [1.54, 1.807) is 24.0 Å². The average molecular weight is 595 g/mol. The molecule has 0 aromatic heterocycles. The van der Waals surface area contributed by atoms with Gasteiger partial charge in [0.2, 0.25) is 5.91 Å². The van der Waals surface area contributed by atoms with Crippen LogP contribution >= 0.6 is 0 Å². The summed E-state index contributed by atoms with van der Waals surface area (Å²) >= 11 is 0. The fraction of sp³-hybridized carbons (Fsp3) is 0.364. The summed E-state index contributed by atoms with van der Waals surface area (Å²) in [6.07, 6.45) is -0.282. The second-order valence-corrected chi connectivity index (χ2v) is 10.7. The smallest absolute Gasteiger partial charge is 0.253 e. The molecule has 10 heteroatoms. The molecule has 230 valence electrons. The molecule has 0 unspecified atom stereocenters. The Morgan fingerprint density at radius 2 is 1.49 bits per heavy atom. The van der Waals surface area contributed by atoms with Gasteiger partial charge in [-0.1, -0.05) is 44.2 Å². The van der Waals surface area contributed by atoms with Crippen molar-refractivity contribution in [3.63, 3.8) is 0 Å². The molecule has 0 bridgehead atoms. The molecule has 5 N–H and O–H groups in total. The van der Waals surface area contributed by atoms with Crippen molar-refractivity contribution in [1.82, 2.24) is 15.5 Å². The van der Waals surface area contributed by atoms with Crippen LogP contribution in [-0.2, 0) is 17.8 Å². The zero-order valence-corrected chi connectivity index (χ0v) is 24.8. The van der Waals surface area contributed by atoms with E-state index in [0.717, 1.165) is 30.5 Å². The molecule has 0 aliphatic rings. The highest BCUT2D eigenvalue weighted by Crippen LogP contribution is 2.17. The third-order valence-corrected chi connectivity index (χ3v) is 6.95. The van der Waals surface area contributed by atoms with Crippen molar-refractivity contribution < 1.29 is 28.3 Å². The van der Waals surface area contributed by atoms with Gasteiger partial charge in [-0.3, -0.25) is 14.4 Å². The maximum absolute atomic E-state index is 14.0. The predicted molar refractivity (Wildman–Crippen MR) is 161 cm³/mol. The van der Waals surface area contributed by atoms with Gasteiger partial charge in [0.25, 0.3) is 11.8 Å². The molecule has 0 aliphatic heterocycles. The van der Waals surface area contributed by atoms with E-state index in [2.05, 4.69) is 10.6 Å². The molecule has 0 heterocycles. The van der Waals surface area contributed by atoms with Gasteiger partial charge in [0.05, 0.1) is 12.1 Å². The van der Waals surface area contributed by atoms with Gasteiger partial charge >= 0.3 is 0 Å². The summed E-state index contributed by atoms with van der Waals surface area (Å²) in [6.45, 7) is 7.03. The number of hydrogen-bond donors (Lipinski definition) is 4. The van der Waals surface area contributed by atoms with E-state index in [1.807, 2.05) is 44.2 Å². The number of amides is 3. The highest BCUT2D eigenvalue weighted by atomic mass is 19.1. The van der Waals surface area contributed by atoms with E-state index in [-0.39, 0.29) is 30.0 Å². The third-order valence-electron chi connectivity index (χ3n) is 6.95. The number of aliphatic hydroxyl groups is 1. The molecule has 3 aromatic carbocycles. The maximum atomic E-state index is 14.0. The summed E-state index contributed by atoms with van der Waals surface area (Å²) in [5, 5.41) is 16.5. The highest BCUT2D eigenvalue weighted by molar-refractivity contribution is 6.00. The van der Waals surface area contributed by atoms with Gasteiger partial charge in [0.15, 0.2) is 0 Å². The topological polar surface area (TPSA) is 125 Å².